The second-order valence-corrected chi connectivity index (χ2v) is 4.38. The average Bonchev–Trinajstić information content (AvgIpc) is 2.61. The van der Waals surface area contributed by atoms with Crippen molar-refractivity contribution in [1.29, 1.82) is 0 Å². The topological polar surface area (TPSA) is 12.5 Å². The molecular weight excluding hydrogens is 222 g/mol. The van der Waals surface area contributed by atoms with Crippen molar-refractivity contribution in [1.82, 2.24) is 4.90 Å². The number of para-hydroxylation sites is 1. The van der Waals surface area contributed by atoms with E-state index in [2.05, 4.69) is 36.9 Å². The van der Waals surface area contributed by atoms with Crippen molar-refractivity contribution >= 4 is 0 Å². The molecule has 0 bridgehead atoms. The highest BCUT2D eigenvalue weighted by molar-refractivity contribution is 5.39. The van der Waals surface area contributed by atoms with Crippen LogP contribution >= 0.6 is 0 Å². The van der Waals surface area contributed by atoms with Gasteiger partial charge in [-0.05, 0) is 37.1 Å². The Balaban J connectivity index is 1.89. The lowest BCUT2D eigenvalue weighted by Crippen LogP contribution is -2.18. The molecule has 2 heteroatoms. The molecular formula is C16H19NO. The summed E-state index contributed by atoms with van der Waals surface area (Å²) in [6.07, 6.45) is 12.2. The Kier molecular flexibility index (Phi) is 4.24. The molecule has 18 heavy (non-hydrogen) atoms. The van der Waals surface area contributed by atoms with Crippen LogP contribution in [-0.4, -0.2) is 18.1 Å². The maximum atomic E-state index is 5.88. The quantitative estimate of drug-likeness (QED) is 0.799. The third-order valence-corrected chi connectivity index (χ3v) is 2.89. The SMILES string of the molecule is Cc1cccc(C)c1OCCN1C=CC=CC=C1. The summed E-state index contributed by atoms with van der Waals surface area (Å²) < 4.78 is 5.88. The predicted octanol–water partition coefficient (Wildman–Crippen LogP) is 3.58. The standard InChI is InChI=1S/C16H19NO/c1-14-8-7-9-15(2)16(14)18-13-12-17-10-5-3-4-6-11-17/h3-11H,12-13H2,1-2H3. The fourth-order valence-corrected chi connectivity index (χ4v) is 1.93. The molecule has 0 unspecified atom stereocenters. The molecule has 0 atom stereocenters. The van der Waals surface area contributed by atoms with Crippen LogP contribution in [-0.2, 0) is 0 Å². The van der Waals surface area contributed by atoms with Gasteiger partial charge in [0.1, 0.15) is 12.4 Å². The lowest BCUT2D eigenvalue weighted by molar-refractivity contribution is 0.281. The van der Waals surface area contributed by atoms with Crippen LogP contribution < -0.4 is 4.74 Å². The second kappa shape index (κ2) is 6.10. The first kappa shape index (κ1) is 12.5. The van der Waals surface area contributed by atoms with Gasteiger partial charge >= 0.3 is 0 Å². The summed E-state index contributed by atoms with van der Waals surface area (Å²) >= 11 is 0. The highest BCUT2D eigenvalue weighted by Crippen LogP contribution is 2.22. The van der Waals surface area contributed by atoms with Crippen molar-refractivity contribution in [3.63, 3.8) is 0 Å². The Labute approximate surface area is 109 Å². The number of rotatable bonds is 4. The van der Waals surface area contributed by atoms with Crippen molar-refractivity contribution in [2.75, 3.05) is 13.2 Å². The number of aryl methyl sites for hydroxylation is 2. The van der Waals surface area contributed by atoms with Crippen molar-refractivity contribution in [3.05, 3.63) is 66.0 Å². The number of ether oxygens (including phenoxy) is 1. The molecule has 2 rings (SSSR count). The third kappa shape index (κ3) is 3.27. The molecule has 1 aromatic rings. The normalized spacial score (nSPS) is 13.8. The van der Waals surface area contributed by atoms with Crippen LogP contribution in [0.25, 0.3) is 0 Å². The molecule has 0 saturated heterocycles. The number of benzene rings is 1. The van der Waals surface area contributed by atoms with Gasteiger partial charge in [-0.3, -0.25) is 0 Å². The highest BCUT2D eigenvalue weighted by atomic mass is 16.5. The van der Waals surface area contributed by atoms with E-state index < -0.39 is 0 Å². The largest absolute Gasteiger partial charge is 0.491 e. The van der Waals surface area contributed by atoms with Crippen LogP contribution in [0, 0.1) is 13.8 Å². The van der Waals surface area contributed by atoms with Crippen molar-refractivity contribution in [2.45, 2.75) is 13.8 Å². The van der Waals surface area contributed by atoms with Gasteiger partial charge in [0.2, 0.25) is 0 Å². The summed E-state index contributed by atoms with van der Waals surface area (Å²) in [5, 5.41) is 0. The van der Waals surface area contributed by atoms with Gasteiger partial charge < -0.3 is 9.64 Å². The highest BCUT2D eigenvalue weighted by Gasteiger charge is 2.03. The molecule has 0 saturated carbocycles. The summed E-state index contributed by atoms with van der Waals surface area (Å²) in [4.78, 5) is 2.12. The first-order valence-electron chi connectivity index (χ1n) is 6.24. The maximum Gasteiger partial charge on any atom is 0.125 e. The van der Waals surface area contributed by atoms with Crippen LogP contribution in [0.3, 0.4) is 0 Å². The molecule has 0 aromatic heterocycles. The van der Waals surface area contributed by atoms with Crippen molar-refractivity contribution in [3.8, 4) is 5.75 Å². The van der Waals surface area contributed by atoms with E-state index in [-0.39, 0.29) is 0 Å². The first-order chi connectivity index (χ1) is 8.77. The maximum absolute atomic E-state index is 5.88. The molecule has 1 aromatic carbocycles. The van der Waals surface area contributed by atoms with E-state index in [9.17, 15) is 0 Å². The fraction of sp³-hybridized carbons (Fsp3) is 0.250. The number of hydrogen-bond acceptors (Lipinski definition) is 2. The monoisotopic (exact) mass is 241 g/mol. The minimum Gasteiger partial charge on any atom is -0.491 e. The van der Waals surface area contributed by atoms with Gasteiger partial charge in [0.25, 0.3) is 0 Å². The zero-order valence-electron chi connectivity index (χ0n) is 11.0. The van der Waals surface area contributed by atoms with Gasteiger partial charge in [-0.2, -0.15) is 0 Å². The predicted molar refractivity (Wildman–Crippen MR) is 75.5 cm³/mol. The molecule has 1 aliphatic heterocycles. The van der Waals surface area contributed by atoms with Gasteiger partial charge in [0.05, 0.1) is 6.54 Å². The minimum absolute atomic E-state index is 0.681. The molecule has 94 valence electrons. The Morgan fingerprint density at radius 1 is 0.944 bits per heavy atom. The van der Waals surface area contributed by atoms with E-state index in [4.69, 9.17) is 4.74 Å². The summed E-state index contributed by atoms with van der Waals surface area (Å²) in [7, 11) is 0. The molecule has 0 N–H and O–H groups in total. The van der Waals surface area contributed by atoms with Crippen LogP contribution in [0.15, 0.2) is 54.9 Å². The summed E-state index contributed by atoms with van der Waals surface area (Å²) in [5.74, 6) is 1.01. The third-order valence-electron chi connectivity index (χ3n) is 2.89. The molecule has 0 spiro atoms. The zero-order valence-corrected chi connectivity index (χ0v) is 11.0. The van der Waals surface area contributed by atoms with Gasteiger partial charge in [-0.15, -0.1) is 0 Å². The Bertz CT molecular complexity index is 450. The Hall–Kier alpha value is -1.96. The van der Waals surface area contributed by atoms with E-state index in [1.807, 2.05) is 36.7 Å². The number of allylic oxidation sites excluding steroid dienone is 4. The van der Waals surface area contributed by atoms with Gasteiger partial charge in [0, 0.05) is 12.4 Å². The molecule has 0 radical (unpaired) electrons. The van der Waals surface area contributed by atoms with Crippen LogP contribution in [0.5, 0.6) is 5.75 Å². The van der Waals surface area contributed by atoms with E-state index in [1.165, 1.54) is 11.1 Å². The van der Waals surface area contributed by atoms with E-state index in [0.717, 1.165) is 12.3 Å². The second-order valence-electron chi connectivity index (χ2n) is 4.38. The van der Waals surface area contributed by atoms with Crippen molar-refractivity contribution in [2.24, 2.45) is 0 Å². The smallest absolute Gasteiger partial charge is 0.125 e. The van der Waals surface area contributed by atoms with Gasteiger partial charge in [-0.1, -0.05) is 30.4 Å². The first-order valence-corrected chi connectivity index (χ1v) is 6.24. The number of nitrogens with zero attached hydrogens (tertiary/aromatic N) is 1. The molecule has 0 aliphatic carbocycles. The van der Waals surface area contributed by atoms with E-state index >= 15 is 0 Å². The summed E-state index contributed by atoms with van der Waals surface area (Å²) in [6, 6.07) is 6.22. The fourth-order valence-electron chi connectivity index (χ4n) is 1.93. The van der Waals surface area contributed by atoms with Crippen LogP contribution in [0.4, 0.5) is 0 Å². The van der Waals surface area contributed by atoms with E-state index in [0.29, 0.717) is 6.61 Å². The lowest BCUT2D eigenvalue weighted by atomic mass is 10.1. The average molecular weight is 241 g/mol. The molecule has 2 nitrogen and oxygen atoms in total. The Morgan fingerprint density at radius 3 is 2.17 bits per heavy atom. The van der Waals surface area contributed by atoms with Gasteiger partial charge in [0.15, 0.2) is 0 Å². The van der Waals surface area contributed by atoms with E-state index in [1.54, 1.807) is 0 Å². The summed E-state index contributed by atoms with van der Waals surface area (Å²) in [5.41, 5.74) is 2.39. The van der Waals surface area contributed by atoms with Crippen LogP contribution in [0.1, 0.15) is 11.1 Å². The molecule has 1 aliphatic rings. The van der Waals surface area contributed by atoms with Crippen molar-refractivity contribution < 1.29 is 4.74 Å². The zero-order chi connectivity index (χ0) is 12.8. The molecule has 0 fully saturated rings. The minimum atomic E-state index is 0.681. The van der Waals surface area contributed by atoms with Crippen LogP contribution in [0.2, 0.25) is 0 Å². The lowest BCUT2D eigenvalue weighted by Gasteiger charge is -2.17. The number of hydrogen-bond donors (Lipinski definition) is 0. The molecule has 0 amide bonds. The molecule has 1 heterocycles. The summed E-state index contributed by atoms with van der Waals surface area (Å²) in [6.45, 7) is 5.69. The Morgan fingerprint density at radius 2 is 1.56 bits per heavy atom. The van der Waals surface area contributed by atoms with Gasteiger partial charge in [-0.25, -0.2) is 0 Å².